The van der Waals surface area contributed by atoms with E-state index in [4.69, 9.17) is 14.2 Å². The summed E-state index contributed by atoms with van der Waals surface area (Å²) >= 11 is 0. The van der Waals surface area contributed by atoms with Crippen LogP contribution < -0.4 is 35.6 Å². The topological polar surface area (TPSA) is 133 Å². The molecule has 248 valence electrons. The maximum atomic E-state index is 13.9. The number of ether oxygens (including phenoxy) is 3. The van der Waals surface area contributed by atoms with E-state index in [0.717, 1.165) is 28.0 Å². The number of nitrogens with zero attached hydrogens (tertiary/aromatic N) is 2. The molecule has 1 heterocycles. The Hall–Kier alpha value is -5.06. The molecular formula is C36H43N5O6. The number of aryl methyl sites for hydroxylation is 2. The standard InChI is InChI=1S/C36H43N5O6/c1-8-20(2)33(36(44)37-19-31-39-26-11-9-10-12-28(26)41(31)4)40-27-16-14-23-24(18-29(27)43)25(38-21(3)42)15-13-22-17-30(45-5)34(46-6)35(47-7)32(22)23/h9-12,14,16-18,20,25,33H,8,13,15,19H2,1-7H3,(H,37,44)(H,38,42)(H,40,43). The highest BCUT2D eigenvalue weighted by molar-refractivity contribution is 5.86. The number of amides is 2. The minimum atomic E-state index is -0.693. The lowest BCUT2D eigenvalue weighted by atomic mass is 9.95. The monoisotopic (exact) mass is 641 g/mol. The predicted molar refractivity (Wildman–Crippen MR) is 182 cm³/mol. The van der Waals surface area contributed by atoms with Crippen LogP contribution in [0.4, 0.5) is 5.69 Å². The van der Waals surface area contributed by atoms with Crippen molar-refractivity contribution in [2.75, 3.05) is 26.6 Å². The number of hydrogen-bond donors (Lipinski definition) is 3. The third-order valence-corrected chi connectivity index (χ3v) is 9.02. The summed E-state index contributed by atoms with van der Waals surface area (Å²) in [5, 5.41) is 9.33. The number of carbonyl (C=O) groups is 2. The maximum Gasteiger partial charge on any atom is 0.243 e. The van der Waals surface area contributed by atoms with E-state index in [-0.39, 0.29) is 35.4 Å². The van der Waals surface area contributed by atoms with Gasteiger partial charge in [-0.25, -0.2) is 4.98 Å². The van der Waals surface area contributed by atoms with Crippen LogP contribution in [0.1, 0.15) is 56.6 Å². The summed E-state index contributed by atoms with van der Waals surface area (Å²) in [5.74, 6) is 1.61. The summed E-state index contributed by atoms with van der Waals surface area (Å²) in [6.07, 6.45) is 1.85. The summed E-state index contributed by atoms with van der Waals surface area (Å²) in [6, 6.07) is 13.7. The molecule has 1 aromatic heterocycles. The van der Waals surface area contributed by atoms with Gasteiger partial charge >= 0.3 is 0 Å². The van der Waals surface area contributed by atoms with E-state index < -0.39 is 12.1 Å². The zero-order valence-electron chi connectivity index (χ0n) is 28.0. The van der Waals surface area contributed by atoms with Gasteiger partial charge in [-0.05, 0) is 65.8 Å². The molecule has 0 saturated carbocycles. The van der Waals surface area contributed by atoms with Gasteiger partial charge in [0.05, 0.1) is 50.6 Å². The summed E-state index contributed by atoms with van der Waals surface area (Å²) < 4.78 is 19.2. The zero-order valence-corrected chi connectivity index (χ0v) is 28.0. The number of anilines is 1. The Kier molecular flexibility index (Phi) is 10.0. The minimum Gasteiger partial charge on any atom is -0.493 e. The molecule has 4 aromatic rings. The summed E-state index contributed by atoms with van der Waals surface area (Å²) in [4.78, 5) is 44.6. The van der Waals surface area contributed by atoms with Crippen LogP contribution in [-0.4, -0.2) is 48.7 Å². The third-order valence-electron chi connectivity index (χ3n) is 9.02. The van der Waals surface area contributed by atoms with Gasteiger partial charge in [0.25, 0.3) is 0 Å². The van der Waals surface area contributed by atoms with Gasteiger partial charge in [0.1, 0.15) is 11.9 Å². The predicted octanol–water partition coefficient (Wildman–Crippen LogP) is 4.89. The van der Waals surface area contributed by atoms with Gasteiger partial charge in [0, 0.05) is 19.5 Å². The number of para-hydroxylation sites is 2. The van der Waals surface area contributed by atoms with E-state index in [0.29, 0.717) is 47.6 Å². The van der Waals surface area contributed by atoms with E-state index in [9.17, 15) is 14.4 Å². The Morgan fingerprint density at radius 1 is 1.04 bits per heavy atom. The minimum absolute atomic E-state index is 0.0946. The second-order valence-corrected chi connectivity index (χ2v) is 11.9. The van der Waals surface area contributed by atoms with Gasteiger partial charge in [-0.2, -0.15) is 0 Å². The fourth-order valence-electron chi connectivity index (χ4n) is 6.33. The highest BCUT2D eigenvalue weighted by Gasteiger charge is 2.30. The smallest absolute Gasteiger partial charge is 0.243 e. The molecule has 11 heteroatoms. The number of hydrogen-bond acceptors (Lipinski definition) is 8. The van der Waals surface area contributed by atoms with Crippen molar-refractivity contribution in [3.63, 3.8) is 0 Å². The molecule has 0 bridgehead atoms. The number of fused-ring (bicyclic) bond motifs is 4. The number of benzene rings is 2. The third kappa shape index (κ3) is 6.61. The molecule has 0 fully saturated rings. The zero-order chi connectivity index (χ0) is 33.8. The van der Waals surface area contributed by atoms with Crippen LogP contribution in [-0.2, 0) is 29.6 Å². The molecule has 47 heavy (non-hydrogen) atoms. The largest absolute Gasteiger partial charge is 0.493 e. The molecule has 1 aliphatic carbocycles. The van der Waals surface area contributed by atoms with Gasteiger partial charge in [-0.3, -0.25) is 14.4 Å². The van der Waals surface area contributed by atoms with Crippen LogP contribution in [0.2, 0.25) is 0 Å². The fourth-order valence-corrected chi connectivity index (χ4v) is 6.33. The molecule has 0 spiro atoms. The van der Waals surface area contributed by atoms with Crippen molar-refractivity contribution >= 4 is 28.5 Å². The molecule has 1 aliphatic rings. The van der Waals surface area contributed by atoms with Gasteiger partial charge in [0.2, 0.25) is 23.0 Å². The number of nitrogens with one attached hydrogen (secondary N) is 3. The first-order valence-electron chi connectivity index (χ1n) is 15.8. The lowest BCUT2D eigenvalue weighted by Gasteiger charge is -2.24. The molecule has 5 rings (SSSR count). The number of carbonyl (C=O) groups excluding carboxylic acids is 2. The van der Waals surface area contributed by atoms with Crippen LogP contribution >= 0.6 is 0 Å². The van der Waals surface area contributed by atoms with Crippen LogP contribution in [0.5, 0.6) is 17.2 Å². The molecule has 11 nitrogen and oxygen atoms in total. The summed E-state index contributed by atoms with van der Waals surface area (Å²) in [6.45, 7) is 5.68. The van der Waals surface area contributed by atoms with Gasteiger partial charge in [-0.1, -0.05) is 38.5 Å². The molecular weight excluding hydrogens is 598 g/mol. The molecule has 0 radical (unpaired) electrons. The number of methoxy groups -OCH3 is 3. The molecule has 3 atom stereocenters. The first kappa shape index (κ1) is 33.3. The van der Waals surface area contributed by atoms with Gasteiger partial charge in [-0.15, -0.1) is 0 Å². The van der Waals surface area contributed by atoms with Crippen molar-refractivity contribution in [3.8, 4) is 28.4 Å². The molecule has 0 saturated heterocycles. The van der Waals surface area contributed by atoms with Crippen molar-refractivity contribution < 1.29 is 23.8 Å². The van der Waals surface area contributed by atoms with Crippen molar-refractivity contribution in [3.05, 3.63) is 75.7 Å². The Labute approximate surface area is 274 Å². The quantitative estimate of drug-likeness (QED) is 0.211. The van der Waals surface area contributed by atoms with E-state index in [1.165, 1.54) is 6.92 Å². The lowest BCUT2D eigenvalue weighted by Crippen LogP contribution is -2.44. The van der Waals surface area contributed by atoms with Crippen LogP contribution in [0, 0.1) is 5.92 Å². The van der Waals surface area contributed by atoms with Crippen LogP contribution in [0.25, 0.3) is 22.2 Å². The Bertz CT molecular complexity index is 1870. The van der Waals surface area contributed by atoms with E-state index in [1.807, 2.05) is 61.9 Å². The van der Waals surface area contributed by atoms with E-state index in [1.54, 1.807) is 33.5 Å². The Morgan fingerprint density at radius 2 is 1.79 bits per heavy atom. The highest BCUT2D eigenvalue weighted by Crippen LogP contribution is 2.50. The maximum absolute atomic E-state index is 13.9. The molecule has 0 aliphatic heterocycles. The van der Waals surface area contributed by atoms with Gasteiger partial charge in [0.15, 0.2) is 11.5 Å². The second kappa shape index (κ2) is 14.1. The fraction of sp³-hybridized carbons (Fsp3) is 0.389. The summed E-state index contributed by atoms with van der Waals surface area (Å²) in [5.41, 5.74) is 4.85. The van der Waals surface area contributed by atoms with Crippen molar-refractivity contribution in [2.24, 2.45) is 13.0 Å². The van der Waals surface area contributed by atoms with Crippen molar-refractivity contribution in [1.29, 1.82) is 0 Å². The average Bonchev–Trinajstić information content (AvgIpc) is 3.20. The van der Waals surface area contributed by atoms with E-state index >= 15 is 0 Å². The second-order valence-electron chi connectivity index (χ2n) is 11.9. The number of rotatable bonds is 11. The van der Waals surface area contributed by atoms with Crippen molar-refractivity contribution in [2.45, 2.75) is 58.7 Å². The van der Waals surface area contributed by atoms with Crippen molar-refractivity contribution in [1.82, 2.24) is 20.2 Å². The number of imidazole rings is 1. The molecule has 3 aromatic carbocycles. The summed E-state index contributed by atoms with van der Waals surface area (Å²) in [7, 11) is 6.60. The lowest BCUT2D eigenvalue weighted by molar-refractivity contribution is -0.123. The molecule has 3 N–H and O–H groups in total. The molecule has 2 amide bonds. The highest BCUT2D eigenvalue weighted by atomic mass is 16.5. The molecule has 3 unspecified atom stereocenters. The normalized spacial score (nSPS) is 15.0. The first-order valence-corrected chi connectivity index (χ1v) is 15.8. The Balaban J connectivity index is 1.55. The van der Waals surface area contributed by atoms with Crippen LogP contribution in [0.3, 0.4) is 0 Å². The first-order chi connectivity index (χ1) is 22.6. The average molecular weight is 642 g/mol. The number of aromatic nitrogens is 2. The van der Waals surface area contributed by atoms with E-state index in [2.05, 4.69) is 20.9 Å². The SMILES string of the molecule is CCC(C)C(Nc1ccc2c(cc1=O)C(NC(C)=O)CCc1cc(OC)c(OC)c(OC)c1-2)C(=O)NCc1nc2ccccc2n1C. The van der Waals surface area contributed by atoms with Crippen LogP contribution in [0.15, 0.2) is 53.3 Å². The van der Waals surface area contributed by atoms with Gasteiger partial charge < -0.3 is 34.7 Å². The Morgan fingerprint density at radius 3 is 2.45 bits per heavy atom.